The Hall–Kier alpha value is -0.840. The lowest BCUT2D eigenvalue weighted by molar-refractivity contribution is 0.0944. The Labute approximate surface area is 91.8 Å². The molecule has 0 spiro atoms. The van der Waals surface area contributed by atoms with Gasteiger partial charge in [0.05, 0.1) is 0 Å². The van der Waals surface area contributed by atoms with Gasteiger partial charge in [0.15, 0.2) is 0 Å². The van der Waals surface area contributed by atoms with Crippen LogP contribution in [0.2, 0.25) is 0 Å². The van der Waals surface area contributed by atoms with E-state index in [0.29, 0.717) is 5.69 Å². The highest BCUT2D eigenvalue weighted by molar-refractivity contribution is 9.09. The number of hydrogen-bond donors (Lipinski definition) is 1. The molecule has 5 heteroatoms. The summed E-state index contributed by atoms with van der Waals surface area (Å²) in [5, 5.41) is 7.75. The normalized spacial score (nSPS) is 10.1. The first-order chi connectivity index (χ1) is 6.75. The van der Waals surface area contributed by atoms with Crippen LogP contribution in [-0.2, 0) is 7.05 Å². The molecule has 0 saturated carbocycles. The highest BCUT2D eigenvalue weighted by Gasteiger charge is 2.07. The molecule has 0 saturated heterocycles. The molecule has 14 heavy (non-hydrogen) atoms. The molecule has 0 fully saturated rings. The van der Waals surface area contributed by atoms with Crippen molar-refractivity contribution in [1.29, 1.82) is 0 Å². The van der Waals surface area contributed by atoms with E-state index in [0.717, 1.165) is 24.7 Å². The topological polar surface area (TPSA) is 46.9 Å². The number of carbonyl (C=O) groups is 1. The first-order valence-electron chi connectivity index (χ1n) is 4.58. The van der Waals surface area contributed by atoms with Crippen molar-refractivity contribution < 1.29 is 4.79 Å². The van der Waals surface area contributed by atoms with Crippen molar-refractivity contribution in [2.24, 2.45) is 7.05 Å². The molecule has 0 radical (unpaired) electrons. The van der Waals surface area contributed by atoms with Gasteiger partial charge in [0.1, 0.15) is 5.69 Å². The van der Waals surface area contributed by atoms with Crippen LogP contribution in [0.15, 0.2) is 12.3 Å². The number of nitrogens with zero attached hydrogens (tertiary/aromatic N) is 2. The molecule has 1 aromatic heterocycles. The molecule has 1 heterocycles. The standard InChI is InChI=1S/C9H14BrN3O/c1-13-8(4-7-12-13)9(14)11-6-3-2-5-10/h4,7H,2-3,5-6H2,1H3,(H,11,14). The van der Waals surface area contributed by atoms with Gasteiger partial charge in [0.2, 0.25) is 0 Å². The molecule has 0 unspecified atom stereocenters. The van der Waals surface area contributed by atoms with E-state index in [4.69, 9.17) is 0 Å². The largest absolute Gasteiger partial charge is 0.351 e. The number of nitrogens with one attached hydrogen (secondary N) is 1. The van der Waals surface area contributed by atoms with E-state index in [1.807, 2.05) is 0 Å². The Balaban J connectivity index is 2.32. The van der Waals surface area contributed by atoms with E-state index in [1.165, 1.54) is 0 Å². The van der Waals surface area contributed by atoms with Crippen molar-refractivity contribution >= 4 is 21.8 Å². The van der Waals surface area contributed by atoms with E-state index < -0.39 is 0 Å². The van der Waals surface area contributed by atoms with Gasteiger partial charge in [0, 0.05) is 25.1 Å². The minimum Gasteiger partial charge on any atom is -0.351 e. The molecule has 1 N–H and O–H groups in total. The van der Waals surface area contributed by atoms with Crippen molar-refractivity contribution in [3.05, 3.63) is 18.0 Å². The molecule has 78 valence electrons. The van der Waals surface area contributed by atoms with Gasteiger partial charge in [-0.25, -0.2) is 0 Å². The fourth-order valence-electron chi connectivity index (χ4n) is 1.11. The number of aromatic nitrogens is 2. The molecule has 0 aliphatic carbocycles. The third kappa shape index (κ3) is 3.14. The Kier molecular flexibility index (Phi) is 4.65. The maximum absolute atomic E-state index is 11.5. The fraction of sp³-hybridized carbons (Fsp3) is 0.556. The summed E-state index contributed by atoms with van der Waals surface area (Å²) < 4.78 is 1.57. The van der Waals surface area contributed by atoms with Gasteiger partial charge >= 0.3 is 0 Å². The van der Waals surface area contributed by atoms with Crippen LogP contribution in [0.4, 0.5) is 0 Å². The second-order valence-corrected chi connectivity index (χ2v) is 3.79. The maximum Gasteiger partial charge on any atom is 0.269 e. The summed E-state index contributed by atoms with van der Waals surface area (Å²) in [6.45, 7) is 0.718. The van der Waals surface area contributed by atoms with Crippen molar-refractivity contribution in [3.63, 3.8) is 0 Å². The van der Waals surface area contributed by atoms with Crippen LogP contribution in [-0.4, -0.2) is 27.6 Å². The molecule has 1 aromatic rings. The third-order valence-corrected chi connectivity index (χ3v) is 2.46. The van der Waals surface area contributed by atoms with Crippen molar-refractivity contribution in [1.82, 2.24) is 15.1 Å². The van der Waals surface area contributed by atoms with Gasteiger partial charge in [-0.15, -0.1) is 0 Å². The van der Waals surface area contributed by atoms with Crippen LogP contribution in [0.25, 0.3) is 0 Å². The molecule has 0 aromatic carbocycles. The number of alkyl halides is 1. The predicted octanol–water partition coefficient (Wildman–Crippen LogP) is 1.32. The van der Waals surface area contributed by atoms with Crippen LogP contribution >= 0.6 is 15.9 Å². The smallest absolute Gasteiger partial charge is 0.269 e. The highest BCUT2D eigenvalue weighted by Crippen LogP contribution is 1.96. The van der Waals surface area contributed by atoms with Crippen LogP contribution in [0.3, 0.4) is 0 Å². The molecule has 0 aliphatic heterocycles. The minimum atomic E-state index is -0.0560. The monoisotopic (exact) mass is 259 g/mol. The van der Waals surface area contributed by atoms with Gasteiger partial charge in [0.25, 0.3) is 5.91 Å². The number of halogens is 1. The van der Waals surface area contributed by atoms with Crippen LogP contribution in [0.5, 0.6) is 0 Å². The quantitative estimate of drug-likeness (QED) is 0.641. The summed E-state index contributed by atoms with van der Waals surface area (Å²) in [6.07, 6.45) is 3.69. The lowest BCUT2D eigenvalue weighted by atomic mass is 10.3. The van der Waals surface area contributed by atoms with Gasteiger partial charge in [-0.05, 0) is 18.9 Å². The molecule has 1 rings (SSSR count). The number of carbonyl (C=O) groups excluding carboxylic acids is 1. The van der Waals surface area contributed by atoms with Gasteiger partial charge < -0.3 is 5.32 Å². The number of aryl methyl sites for hydroxylation is 1. The molecule has 1 amide bonds. The fourth-order valence-corrected chi connectivity index (χ4v) is 1.51. The number of rotatable bonds is 5. The molecule has 4 nitrogen and oxygen atoms in total. The second kappa shape index (κ2) is 5.80. The summed E-state index contributed by atoms with van der Waals surface area (Å²) in [7, 11) is 1.76. The van der Waals surface area contributed by atoms with Crippen molar-refractivity contribution in [2.75, 3.05) is 11.9 Å². The van der Waals surface area contributed by atoms with Crippen LogP contribution in [0, 0.1) is 0 Å². The summed E-state index contributed by atoms with van der Waals surface area (Å²) in [5.41, 5.74) is 0.601. The van der Waals surface area contributed by atoms with Crippen molar-refractivity contribution in [2.45, 2.75) is 12.8 Å². The average molecular weight is 260 g/mol. The van der Waals surface area contributed by atoms with Crippen LogP contribution < -0.4 is 5.32 Å². The zero-order chi connectivity index (χ0) is 10.4. The zero-order valence-corrected chi connectivity index (χ0v) is 9.75. The van der Waals surface area contributed by atoms with E-state index in [9.17, 15) is 4.79 Å². The summed E-state index contributed by atoms with van der Waals surface area (Å²) >= 11 is 3.34. The summed E-state index contributed by atoms with van der Waals surface area (Å²) in [6, 6.07) is 1.71. The van der Waals surface area contributed by atoms with Crippen molar-refractivity contribution in [3.8, 4) is 0 Å². The summed E-state index contributed by atoms with van der Waals surface area (Å²) in [4.78, 5) is 11.5. The SMILES string of the molecule is Cn1nccc1C(=O)NCCCCBr. The zero-order valence-electron chi connectivity index (χ0n) is 8.16. The van der Waals surface area contributed by atoms with Crippen LogP contribution in [0.1, 0.15) is 23.3 Å². The number of amides is 1. The summed E-state index contributed by atoms with van der Waals surface area (Å²) in [5.74, 6) is -0.0560. The van der Waals surface area contributed by atoms with E-state index in [-0.39, 0.29) is 5.91 Å². The Bertz CT molecular complexity index is 298. The van der Waals surface area contributed by atoms with Gasteiger partial charge in [-0.1, -0.05) is 15.9 Å². The maximum atomic E-state index is 11.5. The third-order valence-electron chi connectivity index (χ3n) is 1.90. The molecule has 0 bridgehead atoms. The predicted molar refractivity (Wildman–Crippen MR) is 58.6 cm³/mol. The lowest BCUT2D eigenvalue weighted by Crippen LogP contribution is -2.26. The molecular weight excluding hydrogens is 246 g/mol. The number of hydrogen-bond acceptors (Lipinski definition) is 2. The second-order valence-electron chi connectivity index (χ2n) is 2.99. The molecule has 0 atom stereocenters. The average Bonchev–Trinajstić information content (AvgIpc) is 2.59. The first kappa shape index (κ1) is 11.2. The molecule has 0 aliphatic rings. The Morgan fingerprint density at radius 2 is 2.43 bits per heavy atom. The van der Waals surface area contributed by atoms with Gasteiger partial charge in [-0.3, -0.25) is 9.48 Å². The first-order valence-corrected chi connectivity index (χ1v) is 5.70. The van der Waals surface area contributed by atoms with E-state index >= 15 is 0 Å². The number of unbranched alkanes of at least 4 members (excludes halogenated alkanes) is 1. The van der Waals surface area contributed by atoms with E-state index in [2.05, 4.69) is 26.3 Å². The lowest BCUT2D eigenvalue weighted by Gasteiger charge is -2.03. The Morgan fingerprint density at radius 1 is 1.64 bits per heavy atom. The molecular formula is C9H14BrN3O. The highest BCUT2D eigenvalue weighted by atomic mass is 79.9. The Morgan fingerprint density at radius 3 is 3.00 bits per heavy atom. The minimum absolute atomic E-state index is 0.0560. The van der Waals surface area contributed by atoms with Gasteiger partial charge in [-0.2, -0.15) is 5.10 Å². The van der Waals surface area contributed by atoms with E-state index in [1.54, 1.807) is 24.0 Å².